The van der Waals surface area contributed by atoms with Crippen molar-refractivity contribution in [2.24, 2.45) is 0 Å². The zero-order chi connectivity index (χ0) is 18.9. The number of likely N-dealkylation sites (N-methyl/N-ethyl adjacent to an activating group) is 1. The Hall–Kier alpha value is -2.09. The lowest BCUT2D eigenvalue weighted by Crippen LogP contribution is -2.56. The highest BCUT2D eigenvalue weighted by molar-refractivity contribution is 5.81. The summed E-state index contributed by atoms with van der Waals surface area (Å²) in [6, 6.07) is 0.00905. The van der Waals surface area contributed by atoms with Gasteiger partial charge in [0.15, 0.2) is 6.10 Å². The number of imidazole rings is 1. The molecule has 3 amide bonds. The fourth-order valence-electron chi connectivity index (χ4n) is 3.95. The van der Waals surface area contributed by atoms with E-state index in [-0.39, 0.29) is 11.9 Å². The molecule has 1 aromatic heterocycles. The molecule has 1 spiro atoms. The van der Waals surface area contributed by atoms with Gasteiger partial charge in [0.2, 0.25) is 0 Å². The number of amides is 3. The third kappa shape index (κ3) is 3.18. The number of piperidine rings is 1. The number of ether oxygens (including phenoxy) is 1. The number of urea groups is 1. The van der Waals surface area contributed by atoms with Crippen LogP contribution in [0.25, 0.3) is 0 Å². The standard InChI is InChI=1S/C18H29N5O3/c1-5-21(6-2)15(24)14-13-23-12-9-19-16(23)18(26-14)7-10-22(11-8-18)17(25)20(3)4/h9,12,14H,5-8,10-11,13H2,1-4H3/t14-/m0/s1. The fourth-order valence-corrected chi connectivity index (χ4v) is 3.95. The van der Waals surface area contributed by atoms with Gasteiger partial charge in [0.25, 0.3) is 5.91 Å². The number of carbonyl (C=O) groups excluding carboxylic acids is 2. The zero-order valence-corrected chi connectivity index (χ0v) is 16.1. The molecular weight excluding hydrogens is 334 g/mol. The first-order valence-electron chi connectivity index (χ1n) is 9.36. The van der Waals surface area contributed by atoms with Gasteiger partial charge in [0.1, 0.15) is 11.4 Å². The summed E-state index contributed by atoms with van der Waals surface area (Å²) in [7, 11) is 3.52. The van der Waals surface area contributed by atoms with E-state index in [1.165, 1.54) is 0 Å². The third-order valence-electron chi connectivity index (χ3n) is 5.43. The van der Waals surface area contributed by atoms with Gasteiger partial charge in [0.05, 0.1) is 6.54 Å². The van der Waals surface area contributed by atoms with Crippen molar-refractivity contribution in [1.82, 2.24) is 24.3 Å². The van der Waals surface area contributed by atoms with Crippen molar-refractivity contribution in [2.45, 2.75) is 44.9 Å². The van der Waals surface area contributed by atoms with E-state index in [1.807, 2.05) is 34.4 Å². The average Bonchev–Trinajstić information content (AvgIpc) is 3.12. The summed E-state index contributed by atoms with van der Waals surface area (Å²) < 4.78 is 8.45. The van der Waals surface area contributed by atoms with Crippen LogP contribution in [0, 0.1) is 0 Å². The van der Waals surface area contributed by atoms with Crippen LogP contribution in [0.1, 0.15) is 32.5 Å². The van der Waals surface area contributed by atoms with Crippen molar-refractivity contribution in [1.29, 1.82) is 0 Å². The van der Waals surface area contributed by atoms with Gasteiger partial charge in [-0.3, -0.25) is 4.79 Å². The van der Waals surface area contributed by atoms with E-state index in [0.717, 1.165) is 5.82 Å². The van der Waals surface area contributed by atoms with Crippen LogP contribution in [0.2, 0.25) is 0 Å². The zero-order valence-electron chi connectivity index (χ0n) is 16.1. The Morgan fingerprint density at radius 3 is 2.50 bits per heavy atom. The summed E-state index contributed by atoms with van der Waals surface area (Å²) in [5, 5.41) is 0. The molecule has 8 heteroatoms. The highest BCUT2D eigenvalue weighted by Crippen LogP contribution is 2.40. The summed E-state index contributed by atoms with van der Waals surface area (Å²) in [5.41, 5.74) is -0.599. The Morgan fingerprint density at radius 1 is 1.27 bits per heavy atom. The highest BCUT2D eigenvalue weighted by Gasteiger charge is 2.48. The lowest BCUT2D eigenvalue weighted by molar-refractivity contribution is -0.179. The lowest BCUT2D eigenvalue weighted by Gasteiger charge is -2.46. The summed E-state index contributed by atoms with van der Waals surface area (Å²) in [6.07, 6.45) is 4.46. The van der Waals surface area contributed by atoms with Crippen LogP contribution in [0.5, 0.6) is 0 Å². The average molecular weight is 363 g/mol. The fraction of sp³-hybridized carbons (Fsp3) is 0.722. The maximum absolute atomic E-state index is 12.9. The molecule has 1 saturated heterocycles. The molecule has 26 heavy (non-hydrogen) atoms. The number of rotatable bonds is 3. The van der Waals surface area contributed by atoms with Gasteiger partial charge in [0, 0.05) is 65.5 Å². The summed E-state index contributed by atoms with van der Waals surface area (Å²) in [6.45, 7) is 6.98. The van der Waals surface area contributed by atoms with E-state index in [2.05, 4.69) is 4.98 Å². The van der Waals surface area contributed by atoms with Crippen molar-refractivity contribution in [3.8, 4) is 0 Å². The molecule has 0 bridgehead atoms. The van der Waals surface area contributed by atoms with Gasteiger partial charge >= 0.3 is 6.03 Å². The van der Waals surface area contributed by atoms with E-state index in [9.17, 15) is 9.59 Å². The summed E-state index contributed by atoms with van der Waals surface area (Å²) >= 11 is 0. The van der Waals surface area contributed by atoms with Gasteiger partial charge in [-0.2, -0.15) is 0 Å². The quantitative estimate of drug-likeness (QED) is 0.807. The first kappa shape index (κ1) is 18.7. The van der Waals surface area contributed by atoms with Crippen LogP contribution >= 0.6 is 0 Å². The molecule has 144 valence electrons. The molecule has 0 aliphatic carbocycles. The van der Waals surface area contributed by atoms with E-state index < -0.39 is 11.7 Å². The number of fused-ring (bicyclic) bond motifs is 2. The van der Waals surface area contributed by atoms with Gasteiger partial charge in [-0.1, -0.05) is 0 Å². The number of hydrogen-bond acceptors (Lipinski definition) is 4. The maximum atomic E-state index is 12.9. The first-order valence-corrected chi connectivity index (χ1v) is 9.36. The Morgan fingerprint density at radius 2 is 1.92 bits per heavy atom. The van der Waals surface area contributed by atoms with E-state index in [1.54, 1.807) is 25.2 Å². The van der Waals surface area contributed by atoms with Crippen LogP contribution in [0.15, 0.2) is 12.4 Å². The lowest BCUT2D eigenvalue weighted by atomic mass is 9.88. The second-order valence-corrected chi connectivity index (χ2v) is 7.18. The summed E-state index contributed by atoms with van der Waals surface area (Å²) in [5.74, 6) is 0.901. The molecule has 8 nitrogen and oxygen atoms in total. The number of nitrogens with zero attached hydrogens (tertiary/aromatic N) is 5. The van der Waals surface area contributed by atoms with E-state index >= 15 is 0 Å². The minimum Gasteiger partial charge on any atom is -0.352 e. The topological polar surface area (TPSA) is 70.9 Å². The minimum absolute atomic E-state index is 0.00905. The molecule has 0 radical (unpaired) electrons. The SMILES string of the molecule is CCN(CC)C(=O)[C@@H]1Cn2ccnc2C2(CCN(C(=O)N(C)C)CC2)O1. The smallest absolute Gasteiger partial charge is 0.319 e. The molecule has 2 aliphatic rings. The monoisotopic (exact) mass is 363 g/mol. The molecular formula is C18H29N5O3. The Kier molecular flexibility index (Phi) is 5.22. The van der Waals surface area contributed by atoms with Crippen molar-refractivity contribution >= 4 is 11.9 Å². The van der Waals surface area contributed by atoms with Gasteiger partial charge in [-0.25, -0.2) is 9.78 Å². The normalized spacial score (nSPS) is 21.4. The summed E-state index contributed by atoms with van der Waals surface area (Å²) in [4.78, 5) is 34.9. The van der Waals surface area contributed by atoms with Crippen LogP contribution in [0.4, 0.5) is 4.79 Å². The molecule has 0 aromatic carbocycles. The number of likely N-dealkylation sites (tertiary alicyclic amines) is 1. The molecule has 0 saturated carbocycles. The van der Waals surface area contributed by atoms with Crippen molar-refractivity contribution in [2.75, 3.05) is 40.3 Å². The van der Waals surface area contributed by atoms with Crippen LogP contribution in [-0.2, 0) is 21.7 Å². The largest absolute Gasteiger partial charge is 0.352 e. The minimum atomic E-state index is -0.599. The molecule has 1 aromatic rings. The predicted molar refractivity (Wildman–Crippen MR) is 96.6 cm³/mol. The second kappa shape index (κ2) is 7.26. The van der Waals surface area contributed by atoms with Crippen molar-refractivity contribution < 1.29 is 14.3 Å². The first-order chi connectivity index (χ1) is 12.4. The molecule has 3 rings (SSSR count). The van der Waals surface area contributed by atoms with Crippen molar-refractivity contribution in [3.63, 3.8) is 0 Å². The molecule has 1 fully saturated rings. The molecule has 2 aliphatic heterocycles. The van der Waals surface area contributed by atoms with Crippen LogP contribution < -0.4 is 0 Å². The van der Waals surface area contributed by atoms with Crippen LogP contribution in [0.3, 0.4) is 0 Å². The van der Waals surface area contributed by atoms with Gasteiger partial charge < -0.3 is 24.0 Å². The number of aromatic nitrogens is 2. The molecule has 3 heterocycles. The molecule has 0 unspecified atom stereocenters. The van der Waals surface area contributed by atoms with E-state index in [0.29, 0.717) is 45.6 Å². The number of carbonyl (C=O) groups is 2. The molecule has 1 atom stereocenters. The van der Waals surface area contributed by atoms with Gasteiger partial charge in [-0.05, 0) is 13.8 Å². The molecule has 0 N–H and O–H groups in total. The Balaban J connectivity index is 1.81. The van der Waals surface area contributed by atoms with E-state index in [4.69, 9.17) is 4.74 Å². The van der Waals surface area contributed by atoms with Crippen LogP contribution in [-0.4, -0.2) is 82.6 Å². The Bertz CT molecular complexity index is 660. The maximum Gasteiger partial charge on any atom is 0.319 e. The number of hydrogen-bond donors (Lipinski definition) is 0. The Labute approximate surface area is 154 Å². The predicted octanol–water partition coefficient (Wildman–Crippen LogP) is 1.12. The second-order valence-electron chi connectivity index (χ2n) is 7.18. The third-order valence-corrected chi connectivity index (χ3v) is 5.43. The highest BCUT2D eigenvalue weighted by atomic mass is 16.5. The van der Waals surface area contributed by atoms with Gasteiger partial charge in [-0.15, -0.1) is 0 Å². The van der Waals surface area contributed by atoms with Crippen molar-refractivity contribution in [3.05, 3.63) is 18.2 Å².